The lowest BCUT2D eigenvalue weighted by Crippen LogP contribution is -2.41. The molecule has 0 amide bonds. The molecule has 0 aliphatic carbocycles. The molecule has 2 unspecified atom stereocenters. The van der Waals surface area contributed by atoms with Gasteiger partial charge in [-0.15, -0.1) is 0 Å². The summed E-state index contributed by atoms with van der Waals surface area (Å²) in [4.78, 5) is 13.8. The molecule has 0 bridgehead atoms. The van der Waals surface area contributed by atoms with Crippen LogP contribution in [-0.4, -0.2) is 43.8 Å². The summed E-state index contributed by atoms with van der Waals surface area (Å²) in [6.45, 7) is 6.14. The Morgan fingerprint density at radius 1 is 1.28 bits per heavy atom. The molecule has 1 aliphatic rings. The first-order valence-electron chi connectivity index (χ1n) is 8.43. The van der Waals surface area contributed by atoms with E-state index in [1.54, 1.807) is 6.07 Å². The fourth-order valence-electron chi connectivity index (χ4n) is 2.94. The number of carbonyl (C=O) groups is 1. The van der Waals surface area contributed by atoms with Crippen LogP contribution in [0.2, 0.25) is 0 Å². The highest BCUT2D eigenvalue weighted by Crippen LogP contribution is 2.32. The number of furan rings is 1. The first-order valence-corrected chi connectivity index (χ1v) is 8.43. The van der Waals surface area contributed by atoms with Crippen molar-refractivity contribution in [3.63, 3.8) is 0 Å². The summed E-state index contributed by atoms with van der Waals surface area (Å²) < 4.78 is 22.1. The minimum absolute atomic E-state index is 0.00387. The van der Waals surface area contributed by atoms with Crippen LogP contribution >= 0.6 is 0 Å². The molecule has 3 rings (SSSR count). The number of ether oxygens (including phenoxy) is 3. The molecule has 1 aliphatic heterocycles. The second kappa shape index (κ2) is 7.61. The van der Waals surface area contributed by atoms with E-state index in [2.05, 4.69) is 16.6 Å². The van der Waals surface area contributed by atoms with Gasteiger partial charge in [0.25, 0.3) is 0 Å². The van der Waals surface area contributed by atoms with Crippen molar-refractivity contribution in [3.05, 3.63) is 47.9 Å². The number of benzene rings is 1. The summed E-state index contributed by atoms with van der Waals surface area (Å²) >= 11 is 0. The minimum atomic E-state index is -0.470. The highest BCUT2D eigenvalue weighted by molar-refractivity contribution is 5.86. The Labute approximate surface area is 147 Å². The quantitative estimate of drug-likeness (QED) is 0.749. The maximum absolute atomic E-state index is 11.6. The summed E-state index contributed by atoms with van der Waals surface area (Å²) in [5.74, 6) is 2.02. The van der Waals surface area contributed by atoms with Crippen molar-refractivity contribution in [2.45, 2.75) is 26.0 Å². The van der Waals surface area contributed by atoms with Crippen molar-refractivity contribution in [2.24, 2.45) is 0 Å². The van der Waals surface area contributed by atoms with Gasteiger partial charge in [0.05, 0.1) is 13.2 Å². The predicted octanol–water partition coefficient (Wildman–Crippen LogP) is 3.29. The molecule has 134 valence electrons. The molecule has 0 saturated heterocycles. The Balaban J connectivity index is 1.66. The van der Waals surface area contributed by atoms with Crippen molar-refractivity contribution >= 4 is 5.97 Å². The first-order chi connectivity index (χ1) is 12.1. The summed E-state index contributed by atoms with van der Waals surface area (Å²) in [6.07, 6.45) is -0.0626. The number of hydrogen-bond acceptors (Lipinski definition) is 6. The normalized spacial score (nSPS) is 17.4. The number of rotatable bonds is 6. The van der Waals surface area contributed by atoms with Crippen LogP contribution in [0.25, 0.3) is 0 Å². The molecule has 0 spiro atoms. The predicted molar refractivity (Wildman–Crippen MR) is 92.1 cm³/mol. The molecule has 1 aromatic heterocycles. The Bertz CT molecular complexity index is 726. The topological polar surface area (TPSA) is 61.1 Å². The summed E-state index contributed by atoms with van der Waals surface area (Å²) in [7, 11) is 1.34. The van der Waals surface area contributed by atoms with Crippen molar-refractivity contribution in [1.82, 2.24) is 4.90 Å². The maximum atomic E-state index is 11.6. The number of likely N-dealkylation sites (N-methyl/N-ethyl adjacent to an activating group) is 1. The van der Waals surface area contributed by atoms with E-state index in [1.807, 2.05) is 37.3 Å². The van der Waals surface area contributed by atoms with E-state index in [0.717, 1.165) is 23.8 Å². The number of para-hydroxylation sites is 2. The van der Waals surface area contributed by atoms with Gasteiger partial charge in [-0.2, -0.15) is 0 Å². The average molecular weight is 345 g/mol. The summed E-state index contributed by atoms with van der Waals surface area (Å²) in [5, 5.41) is 0. The highest BCUT2D eigenvalue weighted by atomic mass is 16.6. The zero-order chi connectivity index (χ0) is 17.8. The fraction of sp³-hybridized carbons (Fsp3) is 0.421. The number of hydrogen-bond donors (Lipinski definition) is 0. The molecule has 0 radical (unpaired) electrons. The van der Waals surface area contributed by atoms with E-state index >= 15 is 0 Å². The number of nitrogens with zero attached hydrogens (tertiary/aromatic N) is 1. The van der Waals surface area contributed by atoms with Crippen molar-refractivity contribution in [2.75, 3.05) is 26.8 Å². The monoisotopic (exact) mass is 345 g/mol. The van der Waals surface area contributed by atoms with Crippen molar-refractivity contribution in [3.8, 4) is 11.5 Å². The largest absolute Gasteiger partial charge is 0.486 e. The standard InChI is InChI=1S/C19H23NO5/c1-4-20(13(2)15-9-10-18(25-15)19(21)22-3)11-14-12-23-16-7-5-6-8-17(16)24-14/h5-10,13-14H,4,11-12H2,1-3H3. The Kier molecular flexibility index (Phi) is 5.28. The number of carbonyl (C=O) groups excluding carboxylic acids is 1. The molecule has 0 N–H and O–H groups in total. The van der Waals surface area contributed by atoms with Gasteiger partial charge in [0.1, 0.15) is 18.5 Å². The van der Waals surface area contributed by atoms with Gasteiger partial charge in [0.2, 0.25) is 5.76 Å². The Morgan fingerprint density at radius 3 is 2.76 bits per heavy atom. The van der Waals surface area contributed by atoms with Gasteiger partial charge >= 0.3 is 5.97 Å². The first kappa shape index (κ1) is 17.4. The van der Waals surface area contributed by atoms with E-state index in [-0.39, 0.29) is 17.9 Å². The van der Waals surface area contributed by atoms with E-state index < -0.39 is 5.97 Å². The SMILES string of the molecule is CCN(CC1COc2ccccc2O1)C(C)c1ccc(C(=O)OC)o1. The zero-order valence-corrected chi connectivity index (χ0v) is 14.7. The van der Waals surface area contributed by atoms with Crippen molar-refractivity contribution < 1.29 is 23.4 Å². The molecule has 6 heteroatoms. The van der Waals surface area contributed by atoms with Gasteiger partial charge in [-0.05, 0) is 37.7 Å². The molecular weight excluding hydrogens is 322 g/mol. The molecule has 25 heavy (non-hydrogen) atoms. The molecule has 2 aromatic rings. The van der Waals surface area contributed by atoms with Gasteiger partial charge in [-0.1, -0.05) is 19.1 Å². The molecule has 2 heterocycles. The molecular formula is C19H23NO5. The molecule has 6 nitrogen and oxygen atoms in total. The third kappa shape index (κ3) is 3.79. The second-order valence-corrected chi connectivity index (χ2v) is 5.95. The van der Waals surface area contributed by atoms with Crippen LogP contribution in [0.5, 0.6) is 11.5 Å². The smallest absolute Gasteiger partial charge is 0.373 e. The highest BCUT2D eigenvalue weighted by Gasteiger charge is 2.26. The third-order valence-electron chi connectivity index (χ3n) is 4.38. The minimum Gasteiger partial charge on any atom is -0.486 e. The summed E-state index contributed by atoms with van der Waals surface area (Å²) in [6, 6.07) is 11.1. The fourth-order valence-corrected chi connectivity index (χ4v) is 2.94. The molecule has 0 fully saturated rings. The summed E-state index contributed by atoms with van der Waals surface area (Å²) in [5.41, 5.74) is 0. The van der Waals surface area contributed by atoms with Gasteiger partial charge in [-0.3, -0.25) is 4.90 Å². The second-order valence-electron chi connectivity index (χ2n) is 5.95. The van der Waals surface area contributed by atoms with E-state index in [9.17, 15) is 4.79 Å². The van der Waals surface area contributed by atoms with Gasteiger partial charge < -0.3 is 18.6 Å². The van der Waals surface area contributed by atoms with E-state index in [4.69, 9.17) is 13.9 Å². The lowest BCUT2D eigenvalue weighted by Gasteiger charge is -2.33. The number of methoxy groups -OCH3 is 1. The maximum Gasteiger partial charge on any atom is 0.373 e. The molecule has 0 saturated carbocycles. The molecule has 1 aromatic carbocycles. The third-order valence-corrected chi connectivity index (χ3v) is 4.38. The lowest BCUT2D eigenvalue weighted by molar-refractivity contribution is 0.0445. The number of esters is 1. The van der Waals surface area contributed by atoms with E-state index in [1.165, 1.54) is 7.11 Å². The van der Waals surface area contributed by atoms with Gasteiger partial charge in [-0.25, -0.2) is 4.79 Å². The lowest BCUT2D eigenvalue weighted by atomic mass is 10.2. The zero-order valence-electron chi connectivity index (χ0n) is 14.7. The number of fused-ring (bicyclic) bond motifs is 1. The Hall–Kier alpha value is -2.47. The van der Waals surface area contributed by atoms with Crippen molar-refractivity contribution in [1.29, 1.82) is 0 Å². The average Bonchev–Trinajstić information content (AvgIpc) is 3.15. The van der Waals surface area contributed by atoms with Crippen LogP contribution < -0.4 is 9.47 Å². The van der Waals surface area contributed by atoms with E-state index in [0.29, 0.717) is 13.2 Å². The van der Waals surface area contributed by atoms with Crippen LogP contribution in [0.4, 0.5) is 0 Å². The van der Waals surface area contributed by atoms with Gasteiger partial charge in [0, 0.05) is 6.54 Å². The molecule has 2 atom stereocenters. The van der Waals surface area contributed by atoms with Crippen LogP contribution in [0.15, 0.2) is 40.8 Å². The van der Waals surface area contributed by atoms with Crippen LogP contribution in [0, 0.1) is 0 Å². The van der Waals surface area contributed by atoms with Crippen LogP contribution in [-0.2, 0) is 4.74 Å². The van der Waals surface area contributed by atoms with Gasteiger partial charge in [0.15, 0.2) is 11.5 Å². The van der Waals surface area contributed by atoms with Crippen LogP contribution in [0.1, 0.15) is 36.2 Å². The van der Waals surface area contributed by atoms with Crippen LogP contribution in [0.3, 0.4) is 0 Å². The Morgan fingerprint density at radius 2 is 2.04 bits per heavy atom.